The second-order valence-corrected chi connectivity index (χ2v) is 2.30. The second kappa shape index (κ2) is 7.24. The fraction of sp³-hybridized carbons (Fsp3) is 0.500. The third-order valence-corrected chi connectivity index (χ3v) is 0.886. The topological polar surface area (TPSA) is 0 Å². The molecule has 0 heterocycles. The molecule has 0 aliphatic rings. The van der Waals surface area contributed by atoms with E-state index in [1.165, 1.54) is 6.08 Å². The molecule has 0 radical (unpaired) electrons. The van der Waals surface area contributed by atoms with E-state index in [0.717, 1.165) is 6.42 Å². The lowest BCUT2D eigenvalue weighted by Crippen LogP contribution is -2.12. The zero-order valence-electron chi connectivity index (χ0n) is 7.96. The Morgan fingerprint density at radius 3 is 1.56 bits per heavy atom. The molecule has 96 valence electrons. The third kappa shape index (κ3) is 12.9. The standard InChI is InChI=1S/C4HF7.C4H7F/c5-2(4(9,10)11)1-3(6,7)8;1-2-3-4-5/h1H;3-4H,2H2,1H3. The summed E-state index contributed by atoms with van der Waals surface area (Å²) in [6.45, 7) is 1.88. The van der Waals surface area contributed by atoms with E-state index in [4.69, 9.17) is 0 Å². The highest BCUT2D eigenvalue weighted by Crippen LogP contribution is 2.30. The van der Waals surface area contributed by atoms with Crippen LogP contribution in [0.1, 0.15) is 13.3 Å². The Morgan fingerprint density at radius 1 is 1.06 bits per heavy atom. The molecule has 8 heteroatoms. The Hall–Kier alpha value is -1.08. The Morgan fingerprint density at radius 2 is 1.50 bits per heavy atom. The number of rotatable bonds is 1. The van der Waals surface area contributed by atoms with Gasteiger partial charge in [0.1, 0.15) is 0 Å². The molecule has 0 fully saturated rings. The van der Waals surface area contributed by atoms with E-state index in [1.54, 1.807) is 0 Å². The van der Waals surface area contributed by atoms with Crippen molar-refractivity contribution in [3.8, 4) is 0 Å². The highest BCUT2D eigenvalue weighted by atomic mass is 19.4. The molecule has 0 nitrogen and oxygen atoms in total. The van der Waals surface area contributed by atoms with Crippen molar-refractivity contribution >= 4 is 0 Å². The predicted octanol–water partition coefficient (Wildman–Crippen LogP) is 4.84. The molecule has 0 amide bonds. The zero-order valence-corrected chi connectivity index (χ0v) is 7.96. The Balaban J connectivity index is 0. The van der Waals surface area contributed by atoms with Crippen molar-refractivity contribution in [1.82, 2.24) is 0 Å². The fourth-order valence-corrected chi connectivity index (χ4v) is 0.315. The maximum atomic E-state index is 11.4. The normalized spacial score (nSPS) is 13.7. The monoisotopic (exact) mass is 256 g/mol. The molecule has 0 aromatic heterocycles. The largest absolute Gasteiger partial charge is 0.442 e. The summed E-state index contributed by atoms with van der Waals surface area (Å²) in [6.07, 6.45) is -9.47. The molecular formula is C8H8F8. The van der Waals surface area contributed by atoms with Gasteiger partial charge in [0.2, 0.25) is 5.83 Å². The summed E-state index contributed by atoms with van der Waals surface area (Å²) in [4.78, 5) is 0. The molecule has 0 saturated carbocycles. The zero-order chi connectivity index (χ0) is 13.4. The van der Waals surface area contributed by atoms with Crippen LogP contribution in [0, 0.1) is 0 Å². The highest BCUT2D eigenvalue weighted by molar-refractivity contribution is 5.02. The SMILES string of the molecule is CCC=CF.FC(=CC(F)(F)F)C(F)(F)F. The van der Waals surface area contributed by atoms with Gasteiger partial charge in [-0.05, 0) is 6.42 Å². The summed E-state index contributed by atoms with van der Waals surface area (Å²) in [7, 11) is 0. The summed E-state index contributed by atoms with van der Waals surface area (Å²) in [5, 5.41) is 0. The quantitative estimate of drug-likeness (QED) is 0.588. The van der Waals surface area contributed by atoms with Crippen molar-refractivity contribution in [3.05, 3.63) is 24.3 Å². The molecule has 16 heavy (non-hydrogen) atoms. The van der Waals surface area contributed by atoms with Crippen molar-refractivity contribution in [1.29, 1.82) is 0 Å². The summed E-state index contributed by atoms with van der Waals surface area (Å²) < 4.78 is 88.4. The molecule has 0 aromatic carbocycles. The van der Waals surface area contributed by atoms with Crippen molar-refractivity contribution in [2.45, 2.75) is 25.7 Å². The molecule has 0 unspecified atom stereocenters. The van der Waals surface area contributed by atoms with Crippen molar-refractivity contribution in [2.75, 3.05) is 0 Å². The Kier molecular flexibility index (Phi) is 7.83. The molecule has 0 N–H and O–H groups in total. The third-order valence-electron chi connectivity index (χ3n) is 0.886. The first kappa shape index (κ1) is 17.3. The maximum Gasteiger partial charge on any atom is 0.442 e. The molecule has 0 aliphatic heterocycles. The lowest BCUT2D eigenvalue weighted by Gasteiger charge is -2.03. The smallest absolute Gasteiger partial charge is 0.216 e. The van der Waals surface area contributed by atoms with Crippen LogP contribution in [-0.4, -0.2) is 12.4 Å². The minimum Gasteiger partial charge on any atom is -0.216 e. The van der Waals surface area contributed by atoms with Crippen LogP contribution in [0.5, 0.6) is 0 Å². The van der Waals surface area contributed by atoms with Gasteiger partial charge in [-0.3, -0.25) is 0 Å². The van der Waals surface area contributed by atoms with Gasteiger partial charge >= 0.3 is 12.4 Å². The van der Waals surface area contributed by atoms with Gasteiger partial charge in [0.25, 0.3) is 0 Å². The highest BCUT2D eigenvalue weighted by Gasteiger charge is 2.39. The van der Waals surface area contributed by atoms with Gasteiger partial charge in [0.15, 0.2) is 0 Å². The van der Waals surface area contributed by atoms with Crippen LogP contribution in [0.2, 0.25) is 0 Å². The van der Waals surface area contributed by atoms with Gasteiger partial charge in [0, 0.05) is 0 Å². The van der Waals surface area contributed by atoms with Crippen molar-refractivity contribution < 1.29 is 35.1 Å². The molecule has 0 atom stereocenters. The summed E-state index contributed by atoms with van der Waals surface area (Å²) in [5.74, 6) is -3.15. The summed E-state index contributed by atoms with van der Waals surface area (Å²) in [6, 6.07) is 0. The van der Waals surface area contributed by atoms with E-state index >= 15 is 0 Å². The van der Waals surface area contributed by atoms with Gasteiger partial charge in [-0.1, -0.05) is 13.0 Å². The molecule has 0 spiro atoms. The average molecular weight is 256 g/mol. The number of alkyl halides is 6. The van der Waals surface area contributed by atoms with Gasteiger partial charge in [0.05, 0.1) is 12.4 Å². The first-order chi connectivity index (χ1) is 7.04. The Labute approximate surface area is 86.2 Å². The number of hydrogen-bond acceptors (Lipinski definition) is 0. The first-order valence-corrected chi connectivity index (χ1v) is 3.82. The molecule has 0 saturated heterocycles. The molecule has 0 rings (SSSR count). The van der Waals surface area contributed by atoms with Gasteiger partial charge < -0.3 is 0 Å². The van der Waals surface area contributed by atoms with E-state index in [1.807, 2.05) is 6.92 Å². The summed E-state index contributed by atoms with van der Waals surface area (Å²) in [5.41, 5.74) is 0. The van der Waals surface area contributed by atoms with Crippen LogP contribution in [0.15, 0.2) is 24.3 Å². The molecule has 0 aromatic rings. The maximum absolute atomic E-state index is 11.4. The minimum absolute atomic E-state index is 0.556. The average Bonchev–Trinajstić information content (AvgIpc) is 2.01. The van der Waals surface area contributed by atoms with E-state index in [0.29, 0.717) is 6.33 Å². The van der Waals surface area contributed by atoms with Crippen LogP contribution in [0.4, 0.5) is 35.1 Å². The molecular weight excluding hydrogens is 248 g/mol. The second-order valence-electron chi connectivity index (χ2n) is 2.30. The van der Waals surface area contributed by atoms with Gasteiger partial charge in [-0.15, -0.1) is 0 Å². The van der Waals surface area contributed by atoms with Crippen LogP contribution in [0.25, 0.3) is 0 Å². The lowest BCUT2D eigenvalue weighted by molar-refractivity contribution is -0.121. The minimum atomic E-state index is -5.56. The van der Waals surface area contributed by atoms with Crippen LogP contribution in [-0.2, 0) is 0 Å². The van der Waals surface area contributed by atoms with Crippen LogP contribution in [0.3, 0.4) is 0 Å². The Bertz CT molecular complexity index is 231. The lowest BCUT2D eigenvalue weighted by atomic mass is 10.4. The van der Waals surface area contributed by atoms with Crippen molar-refractivity contribution in [3.63, 3.8) is 0 Å². The van der Waals surface area contributed by atoms with Crippen LogP contribution >= 0.6 is 0 Å². The van der Waals surface area contributed by atoms with Crippen molar-refractivity contribution in [2.24, 2.45) is 0 Å². The summed E-state index contributed by atoms with van der Waals surface area (Å²) >= 11 is 0. The van der Waals surface area contributed by atoms with Gasteiger partial charge in [-0.2, -0.15) is 26.3 Å². The van der Waals surface area contributed by atoms with E-state index in [2.05, 4.69) is 0 Å². The molecule has 0 bridgehead atoms. The van der Waals surface area contributed by atoms with E-state index < -0.39 is 24.3 Å². The van der Waals surface area contributed by atoms with E-state index in [-0.39, 0.29) is 0 Å². The van der Waals surface area contributed by atoms with Gasteiger partial charge in [-0.25, -0.2) is 8.78 Å². The predicted molar refractivity (Wildman–Crippen MR) is 41.8 cm³/mol. The number of allylic oxidation sites excluding steroid dienone is 3. The molecule has 0 aliphatic carbocycles. The van der Waals surface area contributed by atoms with E-state index in [9.17, 15) is 35.1 Å². The first-order valence-electron chi connectivity index (χ1n) is 3.82. The fourth-order valence-electron chi connectivity index (χ4n) is 0.315. The number of hydrogen-bond donors (Lipinski definition) is 0. The number of halogens is 8. The van der Waals surface area contributed by atoms with Crippen LogP contribution < -0.4 is 0 Å².